The molecule has 5 heteroatoms. The number of nitrogens with zero attached hydrogens (tertiary/aromatic N) is 4. The Morgan fingerprint density at radius 2 is 1.27 bits per heavy atom. The Kier molecular flexibility index (Phi) is 6.34. The van der Waals surface area contributed by atoms with Crippen molar-refractivity contribution in [2.45, 2.75) is 6.92 Å². The lowest BCUT2D eigenvalue weighted by Gasteiger charge is -2.11. The highest BCUT2D eigenvalue weighted by molar-refractivity contribution is 7.25. The first kappa shape index (κ1) is 24.9. The molecule has 7 rings (SSSR count). The monoisotopic (exact) mass is 546 g/mol. The van der Waals surface area contributed by atoms with E-state index in [-0.39, 0.29) is 0 Å². The Morgan fingerprint density at radius 3 is 1.93 bits per heavy atom. The van der Waals surface area contributed by atoms with Crippen LogP contribution in [0.1, 0.15) is 11.3 Å². The largest absolute Gasteiger partial charge is 0.305 e. The number of thiophene rings is 1. The van der Waals surface area contributed by atoms with Crippen LogP contribution in [0.4, 0.5) is 0 Å². The number of benzene rings is 4. The average molecular weight is 547 g/mol. The lowest BCUT2D eigenvalue weighted by molar-refractivity contribution is 1.05. The van der Waals surface area contributed by atoms with Crippen LogP contribution in [0, 0.1) is 6.92 Å². The molecular weight excluding hydrogens is 520 g/mol. The fourth-order valence-electron chi connectivity index (χ4n) is 5.30. The summed E-state index contributed by atoms with van der Waals surface area (Å²) in [4.78, 5) is 16.0. The van der Waals surface area contributed by atoms with E-state index in [4.69, 9.17) is 15.0 Å². The molecule has 41 heavy (non-hydrogen) atoms. The van der Waals surface area contributed by atoms with Gasteiger partial charge in [-0.1, -0.05) is 116 Å². The van der Waals surface area contributed by atoms with Gasteiger partial charge < -0.3 is 4.57 Å². The summed E-state index contributed by atoms with van der Waals surface area (Å²) in [6.45, 7) is 6.07. The Bertz CT molecular complexity index is 2010. The molecule has 0 atom stereocenters. The van der Waals surface area contributed by atoms with Crippen LogP contribution in [0.25, 0.3) is 66.2 Å². The standard InChI is InChI=1S/C36H26N4S/c1-3-4-20-29-24(2)40(36-32(29)30-21-11-12-22-31(30)41-36)28-19-13-18-27(23-28)35-38-33(25-14-7-5-8-15-25)37-34(39-35)26-16-9-6-10-17-26/h3-23H,1H2,2H3/b20-4-. The molecule has 0 fully saturated rings. The molecule has 0 aliphatic heterocycles. The summed E-state index contributed by atoms with van der Waals surface area (Å²) < 4.78 is 3.62. The van der Waals surface area contributed by atoms with E-state index in [9.17, 15) is 0 Å². The van der Waals surface area contributed by atoms with Crippen molar-refractivity contribution in [1.82, 2.24) is 19.5 Å². The van der Waals surface area contributed by atoms with Crippen LogP contribution in [0.2, 0.25) is 0 Å². The summed E-state index contributed by atoms with van der Waals surface area (Å²) >= 11 is 1.81. The van der Waals surface area contributed by atoms with E-state index in [0.29, 0.717) is 17.5 Å². The second kappa shape index (κ2) is 10.5. The molecule has 0 amide bonds. The van der Waals surface area contributed by atoms with Gasteiger partial charge in [0.2, 0.25) is 0 Å². The molecule has 0 N–H and O–H groups in total. The van der Waals surface area contributed by atoms with Crippen LogP contribution in [-0.4, -0.2) is 19.5 Å². The Labute approximate surface area is 242 Å². The van der Waals surface area contributed by atoms with Gasteiger partial charge in [0.15, 0.2) is 17.5 Å². The normalized spacial score (nSPS) is 11.5. The number of rotatable bonds is 6. The summed E-state index contributed by atoms with van der Waals surface area (Å²) in [5, 5.41) is 2.54. The number of hydrogen-bond acceptors (Lipinski definition) is 4. The predicted molar refractivity (Wildman–Crippen MR) is 172 cm³/mol. The molecule has 0 aliphatic rings. The average Bonchev–Trinajstić information content (AvgIpc) is 3.53. The van der Waals surface area contributed by atoms with Crippen molar-refractivity contribution in [3.05, 3.63) is 139 Å². The quantitative estimate of drug-likeness (QED) is 0.195. The smallest absolute Gasteiger partial charge is 0.164 e. The number of hydrogen-bond donors (Lipinski definition) is 0. The van der Waals surface area contributed by atoms with Gasteiger partial charge in [-0.2, -0.15) is 0 Å². The van der Waals surface area contributed by atoms with Gasteiger partial charge in [0.25, 0.3) is 0 Å². The third-order valence-electron chi connectivity index (χ3n) is 7.24. The number of aromatic nitrogens is 4. The van der Waals surface area contributed by atoms with E-state index in [1.807, 2.05) is 84.2 Å². The van der Waals surface area contributed by atoms with Gasteiger partial charge in [-0.05, 0) is 25.1 Å². The molecule has 0 saturated heterocycles. The van der Waals surface area contributed by atoms with E-state index >= 15 is 0 Å². The third kappa shape index (κ3) is 4.46. The van der Waals surface area contributed by atoms with Crippen molar-refractivity contribution in [2.75, 3.05) is 0 Å². The zero-order valence-electron chi connectivity index (χ0n) is 22.5. The van der Waals surface area contributed by atoms with Crippen LogP contribution in [0.5, 0.6) is 0 Å². The lowest BCUT2D eigenvalue weighted by atomic mass is 10.1. The lowest BCUT2D eigenvalue weighted by Crippen LogP contribution is -2.01. The minimum atomic E-state index is 0.642. The van der Waals surface area contributed by atoms with Crippen LogP contribution >= 0.6 is 11.3 Å². The molecule has 0 radical (unpaired) electrons. The van der Waals surface area contributed by atoms with Crippen LogP contribution < -0.4 is 0 Å². The van der Waals surface area contributed by atoms with E-state index in [2.05, 4.69) is 72.7 Å². The second-order valence-electron chi connectivity index (χ2n) is 9.80. The van der Waals surface area contributed by atoms with Gasteiger partial charge in [0, 0.05) is 49.1 Å². The maximum absolute atomic E-state index is 4.95. The molecule has 7 aromatic rings. The molecule has 3 heterocycles. The molecule has 0 unspecified atom stereocenters. The van der Waals surface area contributed by atoms with E-state index in [1.165, 1.54) is 31.6 Å². The fraction of sp³-hybridized carbons (Fsp3) is 0.0278. The molecule has 3 aromatic heterocycles. The van der Waals surface area contributed by atoms with Crippen LogP contribution in [-0.2, 0) is 0 Å². The molecule has 196 valence electrons. The van der Waals surface area contributed by atoms with Gasteiger partial charge in [-0.25, -0.2) is 15.0 Å². The highest BCUT2D eigenvalue weighted by Gasteiger charge is 2.20. The maximum Gasteiger partial charge on any atom is 0.164 e. The molecule has 4 nitrogen and oxygen atoms in total. The molecule has 0 spiro atoms. The van der Waals surface area contributed by atoms with Crippen molar-refractivity contribution in [2.24, 2.45) is 0 Å². The predicted octanol–water partition coefficient (Wildman–Crippen LogP) is 9.54. The zero-order chi connectivity index (χ0) is 27.8. The first-order valence-corrected chi connectivity index (χ1v) is 14.3. The minimum Gasteiger partial charge on any atom is -0.305 e. The van der Waals surface area contributed by atoms with Crippen LogP contribution in [0.15, 0.2) is 128 Å². The minimum absolute atomic E-state index is 0.642. The van der Waals surface area contributed by atoms with Crippen molar-refractivity contribution in [1.29, 1.82) is 0 Å². The van der Waals surface area contributed by atoms with Crippen molar-refractivity contribution in [3.63, 3.8) is 0 Å². The summed E-state index contributed by atoms with van der Waals surface area (Å²) in [5.41, 5.74) is 6.30. The second-order valence-corrected chi connectivity index (χ2v) is 10.8. The van der Waals surface area contributed by atoms with Gasteiger partial charge in [-0.3, -0.25) is 0 Å². The van der Waals surface area contributed by atoms with Gasteiger partial charge in [-0.15, -0.1) is 11.3 Å². The summed E-state index contributed by atoms with van der Waals surface area (Å²) in [6.07, 6.45) is 6.00. The first-order valence-electron chi connectivity index (χ1n) is 13.5. The summed E-state index contributed by atoms with van der Waals surface area (Å²) in [5.74, 6) is 1.95. The van der Waals surface area contributed by atoms with Crippen LogP contribution in [0.3, 0.4) is 0 Å². The molecule has 0 saturated carbocycles. The number of fused-ring (bicyclic) bond motifs is 3. The van der Waals surface area contributed by atoms with Gasteiger partial charge in [0.05, 0.1) is 0 Å². The SMILES string of the molecule is C=C/C=C\c1c(C)n(-c2cccc(-c3nc(-c4ccccc4)nc(-c4ccccc4)n3)c2)c2sc3ccccc3c12. The van der Waals surface area contributed by atoms with Crippen molar-refractivity contribution >= 4 is 37.7 Å². The van der Waals surface area contributed by atoms with Crippen molar-refractivity contribution < 1.29 is 0 Å². The summed E-state index contributed by atoms with van der Waals surface area (Å²) in [6, 6.07) is 37.2. The summed E-state index contributed by atoms with van der Waals surface area (Å²) in [7, 11) is 0. The van der Waals surface area contributed by atoms with Gasteiger partial charge >= 0.3 is 0 Å². The fourth-order valence-corrected chi connectivity index (χ4v) is 6.60. The van der Waals surface area contributed by atoms with E-state index < -0.39 is 0 Å². The Hall–Kier alpha value is -5.13. The molecule has 4 aromatic carbocycles. The number of allylic oxidation sites excluding steroid dienone is 2. The molecule has 0 bridgehead atoms. The first-order chi connectivity index (χ1) is 20.2. The van der Waals surface area contributed by atoms with E-state index in [0.717, 1.165) is 22.4 Å². The maximum atomic E-state index is 4.95. The molecule has 0 aliphatic carbocycles. The molecular formula is C36H26N4S. The third-order valence-corrected chi connectivity index (χ3v) is 8.39. The van der Waals surface area contributed by atoms with E-state index in [1.54, 1.807) is 0 Å². The van der Waals surface area contributed by atoms with Crippen molar-refractivity contribution in [3.8, 4) is 39.9 Å². The highest BCUT2D eigenvalue weighted by Crippen LogP contribution is 2.41. The Balaban J connectivity index is 1.43. The topological polar surface area (TPSA) is 43.6 Å². The van der Waals surface area contributed by atoms with Gasteiger partial charge in [0.1, 0.15) is 4.83 Å². The zero-order valence-corrected chi connectivity index (χ0v) is 23.3. The highest BCUT2D eigenvalue weighted by atomic mass is 32.1. The Morgan fingerprint density at radius 1 is 0.683 bits per heavy atom.